The standard InChI is InChI=1S/C14H20O3.C11H16O/c1-4-7-11-8-10-14(9-5-2,12(11)15)13(16)17-6-3;1-3-5-9-7-8-10(6-4-2)11(9)12/h4-5,11H,1-2,6-10H2,3H3;3-4,9-10H,1-2,5-8H2. The lowest BCUT2D eigenvalue weighted by Gasteiger charge is -2.24. The van der Waals surface area contributed by atoms with Gasteiger partial charge in [0.1, 0.15) is 11.2 Å². The fourth-order valence-electron chi connectivity index (χ4n) is 4.39. The zero-order valence-corrected chi connectivity index (χ0v) is 17.9. The second-order valence-corrected chi connectivity index (χ2v) is 7.84. The molecule has 29 heavy (non-hydrogen) atoms. The molecule has 4 atom stereocenters. The summed E-state index contributed by atoms with van der Waals surface area (Å²) in [4.78, 5) is 35.9. The van der Waals surface area contributed by atoms with Crippen LogP contribution in [-0.4, -0.2) is 24.1 Å². The molecule has 2 aliphatic carbocycles. The molecule has 0 amide bonds. The average Bonchev–Trinajstić information content (AvgIpc) is 3.20. The van der Waals surface area contributed by atoms with Crippen molar-refractivity contribution in [3.63, 3.8) is 0 Å². The monoisotopic (exact) mass is 400 g/mol. The first-order valence-corrected chi connectivity index (χ1v) is 10.6. The summed E-state index contributed by atoms with van der Waals surface area (Å²) in [6, 6.07) is 0. The van der Waals surface area contributed by atoms with Crippen LogP contribution in [-0.2, 0) is 19.1 Å². The molecule has 0 spiro atoms. The quantitative estimate of drug-likeness (QED) is 0.280. The van der Waals surface area contributed by atoms with Gasteiger partial charge in [0.05, 0.1) is 6.61 Å². The fourth-order valence-corrected chi connectivity index (χ4v) is 4.39. The minimum atomic E-state index is -0.981. The SMILES string of the molecule is C=CCC1CCC(CC=C)(C(=O)OCC)C1=O.C=CCC1CCC(CC=C)C1=O. The van der Waals surface area contributed by atoms with Crippen LogP contribution in [0.25, 0.3) is 0 Å². The summed E-state index contributed by atoms with van der Waals surface area (Å²) in [5, 5.41) is 0. The Kier molecular flexibility index (Phi) is 10.6. The molecular formula is C25H36O4. The normalized spacial score (nSPS) is 28.2. The molecule has 4 nitrogen and oxygen atoms in total. The highest BCUT2D eigenvalue weighted by molar-refractivity contribution is 6.06. The van der Waals surface area contributed by atoms with Gasteiger partial charge in [-0.3, -0.25) is 14.4 Å². The summed E-state index contributed by atoms with van der Waals surface area (Å²) in [5.41, 5.74) is -0.981. The largest absolute Gasteiger partial charge is 0.465 e. The lowest BCUT2D eigenvalue weighted by Crippen LogP contribution is -2.38. The number of hydrogen-bond donors (Lipinski definition) is 0. The van der Waals surface area contributed by atoms with Crippen molar-refractivity contribution < 1.29 is 19.1 Å². The van der Waals surface area contributed by atoms with Crippen LogP contribution in [0.3, 0.4) is 0 Å². The Hall–Kier alpha value is -2.23. The smallest absolute Gasteiger partial charge is 0.319 e. The number of carbonyl (C=O) groups excluding carboxylic acids is 3. The summed E-state index contributed by atoms with van der Waals surface area (Å²) >= 11 is 0. The minimum absolute atomic E-state index is 0.00394. The van der Waals surface area contributed by atoms with E-state index in [0.717, 1.165) is 32.1 Å². The van der Waals surface area contributed by atoms with E-state index >= 15 is 0 Å². The Morgan fingerprint density at radius 2 is 1.45 bits per heavy atom. The second kappa shape index (κ2) is 12.4. The van der Waals surface area contributed by atoms with Gasteiger partial charge in [-0.25, -0.2) is 0 Å². The molecule has 4 heteroatoms. The van der Waals surface area contributed by atoms with E-state index in [1.807, 2.05) is 12.2 Å². The number of esters is 1. The van der Waals surface area contributed by atoms with Gasteiger partial charge in [-0.05, 0) is 58.3 Å². The van der Waals surface area contributed by atoms with E-state index in [2.05, 4.69) is 26.3 Å². The Bertz CT molecular complexity index is 613. The highest BCUT2D eigenvalue weighted by atomic mass is 16.5. The molecule has 0 saturated heterocycles. The van der Waals surface area contributed by atoms with Crippen molar-refractivity contribution >= 4 is 17.5 Å². The van der Waals surface area contributed by atoms with Gasteiger partial charge >= 0.3 is 5.97 Å². The second-order valence-electron chi connectivity index (χ2n) is 7.84. The molecule has 0 aromatic heterocycles. The van der Waals surface area contributed by atoms with Crippen molar-refractivity contribution in [2.24, 2.45) is 23.2 Å². The number of Topliss-reactive ketones (excluding diaryl/α,β-unsaturated/α-hetero) is 2. The van der Waals surface area contributed by atoms with Crippen LogP contribution in [0.4, 0.5) is 0 Å². The first-order valence-electron chi connectivity index (χ1n) is 10.6. The fraction of sp³-hybridized carbons (Fsp3) is 0.560. The van der Waals surface area contributed by atoms with Gasteiger partial charge in [-0.15, -0.1) is 26.3 Å². The predicted molar refractivity (Wildman–Crippen MR) is 117 cm³/mol. The molecule has 0 bridgehead atoms. The van der Waals surface area contributed by atoms with E-state index in [1.165, 1.54) is 0 Å². The van der Waals surface area contributed by atoms with E-state index < -0.39 is 11.4 Å². The molecule has 0 N–H and O–H groups in total. The van der Waals surface area contributed by atoms with Crippen LogP contribution in [0.15, 0.2) is 50.6 Å². The maximum atomic E-state index is 12.3. The van der Waals surface area contributed by atoms with Crippen LogP contribution in [0.1, 0.15) is 58.3 Å². The zero-order chi connectivity index (χ0) is 21.9. The van der Waals surface area contributed by atoms with E-state index in [1.54, 1.807) is 19.1 Å². The van der Waals surface area contributed by atoms with Gasteiger partial charge in [0.2, 0.25) is 0 Å². The Morgan fingerprint density at radius 3 is 1.90 bits per heavy atom. The lowest BCUT2D eigenvalue weighted by molar-refractivity contribution is -0.159. The van der Waals surface area contributed by atoms with Gasteiger partial charge in [-0.2, -0.15) is 0 Å². The summed E-state index contributed by atoms with van der Waals surface area (Å²) < 4.78 is 5.05. The molecule has 0 heterocycles. The van der Waals surface area contributed by atoms with E-state index in [0.29, 0.717) is 31.7 Å². The van der Waals surface area contributed by atoms with Gasteiger partial charge < -0.3 is 4.74 Å². The topological polar surface area (TPSA) is 60.4 Å². The van der Waals surface area contributed by atoms with Gasteiger partial charge in [0, 0.05) is 17.8 Å². The number of ketones is 2. The predicted octanol–water partition coefficient (Wildman–Crippen LogP) is 5.40. The van der Waals surface area contributed by atoms with Crippen molar-refractivity contribution in [3.8, 4) is 0 Å². The molecule has 0 aromatic carbocycles. The highest BCUT2D eigenvalue weighted by Crippen LogP contribution is 2.44. The molecule has 160 valence electrons. The van der Waals surface area contributed by atoms with Gasteiger partial charge in [0.15, 0.2) is 5.78 Å². The third kappa shape index (κ3) is 6.12. The van der Waals surface area contributed by atoms with Crippen molar-refractivity contribution in [1.29, 1.82) is 0 Å². The summed E-state index contributed by atoms with van der Waals surface area (Å²) in [5.74, 6) is 0.457. The number of ether oxygens (including phenoxy) is 1. The number of rotatable bonds is 10. The molecule has 2 saturated carbocycles. The summed E-state index contributed by atoms with van der Waals surface area (Å²) in [7, 11) is 0. The summed E-state index contributed by atoms with van der Waals surface area (Å²) in [6.45, 7) is 16.6. The number of hydrogen-bond acceptors (Lipinski definition) is 4. The van der Waals surface area contributed by atoms with Crippen LogP contribution in [0.2, 0.25) is 0 Å². The maximum Gasteiger partial charge on any atom is 0.319 e. The molecule has 2 fully saturated rings. The number of carbonyl (C=O) groups is 3. The Morgan fingerprint density at radius 1 is 0.931 bits per heavy atom. The van der Waals surface area contributed by atoms with E-state index in [9.17, 15) is 14.4 Å². The molecule has 4 unspecified atom stereocenters. The first-order chi connectivity index (χ1) is 13.9. The van der Waals surface area contributed by atoms with Crippen molar-refractivity contribution in [3.05, 3.63) is 50.6 Å². The maximum absolute atomic E-state index is 12.3. The molecule has 0 aromatic rings. The van der Waals surface area contributed by atoms with Crippen molar-refractivity contribution in [2.75, 3.05) is 6.61 Å². The third-order valence-corrected chi connectivity index (χ3v) is 5.94. The van der Waals surface area contributed by atoms with Crippen molar-refractivity contribution in [2.45, 2.75) is 58.3 Å². The van der Waals surface area contributed by atoms with Crippen LogP contribution in [0.5, 0.6) is 0 Å². The van der Waals surface area contributed by atoms with E-state index in [-0.39, 0.29) is 23.5 Å². The Balaban J connectivity index is 0.000000308. The minimum Gasteiger partial charge on any atom is -0.465 e. The average molecular weight is 401 g/mol. The zero-order valence-electron chi connectivity index (χ0n) is 17.9. The Labute approximate surface area is 175 Å². The number of allylic oxidation sites excluding steroid dienone is 4. The molecule has 0 radical (unpaired) electrons. The molecular weight excluding hydrogens is 364 g/mol. The van der Waals surface area contributed by atoms with Crippen LogP contribution in [0, 0.1) is 23.2 Å². The molecule has 0 aliphatic heterocycles. The first kappa shape index (κ1) is 24.8. The van der Waals surface area contributed by atoms with Gasteiger partial charge in [-0.1, -0.05) is 24.3 Å². The van der Waals surface area contributed by atoms with Crippen LogP contribution >= 0.6 is 0 Å². The lowest BCUT2D eigenvalue weighted by atomic mass is 9.80. The molecule has 2 rings (SSSR count). The highest BCUT2D eigenvalue weighted by Gasteiger charge is 2.52. The van der Waals surface area contributed by atoms with Crippen molar-refractivity contribution in [1.82, 2.24) is 0 Å². The van der Waals surface area contributed by atoms with Crippen LogP contribution < -0.4 is 0 Å². The van der Waals surface area contributed by atoms with E-state index in [4.69, 9.17) is 4.74 Å². The third-order valence-electron chi connectivity index (χ3n) is 5.94. The molecule has 2 aliphatic rings. The van der Waals surface area contributed by atoms with Gasteiger partial charge in [0.25, 0.3) is 0 Å². The summed E-state index contributed by atoms with van der Waals surface area (Å²) in [6.07, 6.45) is 13.2.